The molecule has 0 spiro atoms. The zero-order valence-electron chi connectivity index (χ0n) is 9.51. The molecule has 0 heterocycles. The lowest BCUT2D eigenvalue weighted by molar-refractivity contribution is 0.510. The van der Waals surface area contributed by atoms with Gasteiger partial charge in [0.15, 0.2) is 0 Å². The van der Waals surface area contributed by atoms with Crippen molar-refractivity contribution in [1.82, 2.24) is 4.72 Å². The van der Waals surface area contributed by atoms with Crippen molar-refractivity contribution in [2.75, 3.05) is 12.8 Å². The maximum absolute atomic E-state index is 3.52. The second kappa shape index (κ2) is 5.92. The average Bonchev–Trinajstić information content (AvgIpc) is 2.18. The van der Waals surface area contributed by atoms with Crippen LogP contribution < -0.4 is 4.72 Å². The predicted octanol–water partition coefficient (Wildman–Crippen LogP) is 3.98. The van der Waals surface area contributed by atoms with Crippen LogP contribution in [-0.2, 0) is 5.41 Å². The minimum Gasteiger partial charge on any atom is -0.267 e. The monoisotopic (exact) mass is 287 g/mol. The fourth-order valence-corrected chi connectivity index (χ4v) is 2.68. The molecule has 0 radical (unpaired) electrons. The van der Waals surface area contributed by atoms with E-state index in [0.29, 0.717) is 0 Å². The van der Waals surface area contributed by atoms with E-state index in [9.17, 15) is 0 Å². The van der Waals surface area contributed by atoms with Crippen LogP contribution in [0.15, 0.2) is 28.7 Å². The molecule has 0 aromatic heterocycles. The molecule has 1 nitrogen and oxygen atoms in total. The van der Waals surface area contributed by atoms with Crippen molar-refractivity contribution in [1.29, 1.82) is 0 Å². The molecule has 3 heteroatoms. The summed E-state index contributed by atoms with van der Waals surface area (Å²) in [6.07, 6.45) is 1.18. The van der Waals surface area contributed by atoms with Gasteiger partial charge in [0.2, 0.25) is 0 Å². The Labute approximate surface area is 105 Å². The van der Waals surface area contributed by atoms with Crippen LogP contribution in [0.2, 0.25) is 0 Å². The van der Waals surface area contributed by atoms with Gasteiger partial charge >= 0.3 is 0 Å². The molecular formula is C12H18BrNS. The van der Waals surface area contributed by atoms with Crippen molar-refractivity contribution < 1.29 is 0 Å². The molecule has 1 aromatic carbocycles. The summed E-state index contributed by atoms with van der Waals surface area (Å²) in [5.74, 6) is 1.13. The number of nitrogens with one attached hydrogen (secondary N) is 1. The molecule has 0 amide bonds. The Hall–Kier alpha value is 0.01000. The summed E-state index contributed by atoms with van der Waals surface area (Å²) in [7, 11) is 1.97. The Morgan fingerprint density at radius 3 is 2.73 bits per heavy atom. The number of benzene rings is 1. The summed E-state index contributed by atoms with van der Waals surface area (Å²) in [4.78, 5) is 0. The first-order valence-corrected chi connectivity index (χ1v) is 6.89. The number of hydrogen-bond acceptors (Lipinski definition) is 2. The van der Waals surface area contributed by atoms with Gasteiger partial charge in [-0.15, -0.1) is 0 Å². The van der Waals surface area contributed by atoms with Crippen molar-refractivity contribution in [3.05, 3.63) is 34.3 Å². The van der Waals surface area contributed by atoms with Gasteiger partial charge in [0.25, 0.3) is 0 Å². The molecule has 0 bridgehead atoms. The molecule has 84 valence electrons. The summed E-state index contributed by atoms with van der Waals surface area (Å²) >= 11 is 5.29. The molecular weight excluding hydrogens is 270 g/mol. The van der Waals surface area contributed by atoms with E-state index in [1.165, 1.54) is 12.0 Å². The van der Waals surface area contributed by atoms with Gasteiger partial charge in [-0.25, -0.2) is 0 Å². The number of hydrogen-bond donors (Lipinski definition) is 1. The van der Waals surface area contributed by atoms with E-state index < -0.39 is 0 Å². The lowest BCUT2D eigenvalue weighted by Crippen LogP contribution is -2.18. The second-order valence-corrected chi connectivity index (χ2v) is 6.22. The van der Waals surface area contributed by atoms with Gasteiger partial charge in [-0.1, -0.05) is 53.9 Å². The highest BCUT2D eigenvalue weighted by Gasteiger charge is 2.19. The van der Waals surface area contributed by atoms with Crippen LogP contribution >= 0.6 is 27.9 Å². The SMILES string of the molecule is CNSCCC(C)(C)c1cccc(Br)c1. The van der Waals surface area contributed by atoms with E-state index in [2.05, 4.69) is 58.8 Å². The van der Waals surface area contributed by atoms with Crippen LogP contribution in [0.1, 0.15) is 25.8 Å². The molecule has 0 aliphatic rings. The van der Waals surface area contributed by atoms with E-state index in [1.54, 1.807) is 11.9 Å². The molecule has 0 atom stereocenters. The Morgan fingerprint density at radius 1 is 1.40 bits per heavy atom. The van der Waals surface area contributed by atoms with Gasteiger partial charge in [-0.05, 0) is 36.6 Å². The van der Waals surface area contributed by atoms with Crippen LogP contribution in [-0.4, -0.2) is 12.8 Å². The Kier molecular flexibility index (Phi) is 5.16. The fourth-order valence-electron chi connectivity index (χ4n) is 1.46. The number of halogens is 1. The lowest BCUT2D eigenvalue weighted by Gasteiger charge is -2.25. The molecule has 1 aromatic rings. The highest BCUT2D eigenvalue weighted by molar-refractivity contribution is 9.10. The van der Waals surface area contributed by atoms with Crippen LogP contribution in [0.5, 0.6) is 0 Å². The molecule has 0 aliphatic carbocycles. The summed E-state index contributed by atoms with van der Waals surface area (Å²) in [5.41, 5.74) is 1.64. The number of rotatable bonds is 5. The highest BCUT2D eigenvalue weighted by Crippen LogP contribution is 2.29. The van der Waals surface area contributed by atoms with Crippen LogP contribution in [0.3, 0.4) is 0 Å². The van der Waals surface area contributed by atoms with Gasteiger partial charge in [-0.2, -0.15) is 0 Å². The molecule has 1 N–H and O–H groups in total. The first-order chi connectivity index (χ1) is 7.06. The fraction of sp³-hybridized carbons (Fsp3) is 0.500. The van der Waals surface area contributed by atoms with Gasteiger partial charge < -0.3 is 0 Å². The van der Waals surface area contributed by atoms with Gasteiger partial charge in [0, 0.05) is 10.2 Å². The zero-order valence-corrected chi connectivity index (χ0v) is 11.9. The molecule has 0 unspecified atom stereocenters. The van der Waals surface area contributed by atoms with E-state index in [4.69, 9.17) is 0 Å². The van der Waals surface area contributed by atoms with E-state index in [0.717, 1.165) is 10.2 Å². The summed E-state index contributed by atoms with van der Waals surface area (Å²) in [6.45, 7) is 4.59. The quantitative estimate of drug-likeness (QED) is 0.649. The summed E-state index contributed by atoms with van der Waals surface area (Å²) in [6, 6.07) is 8.59. The van der Waals surface area contributed by atoms with E-state index in [-0.39, 0.29) is 5.41 Å². The minimum absolute atomic E-state index is 0.244. The highest BCUT2D eigenvalue weighted by atomic mass is 79.9. The minimum atomic E-state index is 0.244. The first-order valence-electron chi connectivity index (χ1n) is 5.11. The van der Waals surface area contributed by atoms with Gasteiger partial charge in [0.1, 0.15) is 0 Å². The third-order valence-electron chi connectivity index (χ3n) is 2.58. The van der Waals surface area contributed by atoms with Crippen LogP contribution in [0.4, 0.5) is 0 Å². The third kappa shape index (κ3) is 4.17. The van der Waals surface area contributed by atoms with Crippen LogP contribution in [0.25, 0.3) is 0 Å². The standard InChI is InChI=1S/C12H18BrNS/c1-12(2,7-8-15-14-3)10-5-4-6-11(13)9-10/h4-6,9,14H,7-8H2,1-3H3. The van der Waals surface area contributed by atoms with E-state index >= 15 is 0 Å². The molecule has 1 rings (SSSR count). The summed E-state index contributed by atoms with van der Waals surface area (Å²) in [5, 5.41) is 0. The van der Waals surface area contributed by atoms with Crippen molar-refractivity contribution in [3.8, 4) is 0 Å². The van der Waals surface area contributed by atoms with Gasteiger partial charge in [-0.3, -0.25) is 4.72 Å². The maximum Gasteiger partial charge on any atom is 0.0178 e. The lowest BCUT2D eigenvalue weighted by atomic mass is 9.82. The smallest absolute Gasteiger partial charge is 0.0178 e. The molecule has 0 saturated heterocycles. The van der Waals surface area contributed by atoms with Crippen molar-refractivity contribution in [3.63, 3.8) is 0 Å². The zero-order chi connectivity index (χ0) is 11.3. The second-order valence-electron chi connectivity index (χ2n) is 4.20. The van der Waals surface area contributed by atoms with Crippen molar-refractivity contribution in [2.24, 2.45) is 0 Å². The molecule has 0 fully saturated rings. The first kappa shape index (κ1) is 13.1. The Bertz CT molecular complexity index is 312. The molecule has 15 heavy (non-hydrogen) atoms. The van der Waals surface area contributed by atoms with Crippen LogP contribution in [0, 0.1) is 0 Å². The Morgan fingerprint density at radius 2 is 2.13 bits per heavy atom. The average molecular weight is 288 g/mol. The van der Waals surface area contributed by atoms with Crippen molar-refractivity contribution >= 4 is 27.9 Å². The van der Waals surface area contributed by atoms with Crippen molar-refractivity contribution in [2.45, 2.75) is 25.7 Å². The third-order valence-corrected chi connectivity index (χ3v) is 3.77. The predicted molar refractivity (Wildman–Crippen MR) is 73.3 cm³/mol. The topological polar surface area (TPSA) is 12.0 Å². The molecule has 0 saturated carbocycles. The largest absolute Gasteiger partial charge is 0.267 e. The Balaban J connectivity index is 2.67. The molecule has 0 aliphatic heterocycles. The maximum atomic E-state index is 3.52. The summed E-state index contributed by atoms with van der Waals surface area (Å²) < 4.78 is 4.27. The van der Waals surface area contributed by atoms with Gasteiger partial charge in [0.05, 0.1) is 0 Å². The van der Waals surface area contributed by atoms with E-state index in [1.807, 2.05) is 7.05 Å². The normalized spacial score (nSPS) is 11.7.